The van der Waals surface area contributed by atoms with E-state index in [0.29, 0.717) is 17.0 Å². The first kappa shape index (κ1) is 24.9. The van der Waals surface area contributed by atoms with Gasteiger partial charge in [0.25, 0.3) is 11.8 Å². The Kier molecular flexibility index (Phi) is 7.68. The molecule has 0 fully saturated rings. The van der Waals surface area contributed by atoms with Crippen molar-refractivity contribution < 1.29 is 32.2 Å². The summed E-state index contributed by atoms with van der Waals surface area (Å²) in [5.41, 5.74) is 0.701. The Hall–Kier alpha value is -3.72. The highest BCUT2D eigenvalue weighted by atomic mass is 35.5. The van der Waals surface area contributed by atoms with Crippen LogP contribution in [-0.4, -0.2) is 25.5 Å². The van der Waals surface area contributed by atoms with Gasteiger partial charge in [-0.2, -0.15) is 13.2 Å². The van der Waals surface area contributed by atoms with Crippen molar-refractivity contribution in [1.29, 1.82) is 0 Å². The van der Waals surface area contributed by atoms with Crippen LogP contribution < -0.4 is 20.1 Å². The Morgan fingerprint density at radius 2 is 1.65 bits per heavy atom. The number of halogens is 4. The van der Waals surface area contributed by atoms with E-state index in [2.05, 4.69) is 10.6 Å². The maximum absolute atomic E-state index is 12.9. The van der Waals surface area contributed by atoms with E-state index >= 15 is 0 Å². The predicted molar refractivity (Wildman–Crippen MR) is 123 cm³/mol. The van der Waals surface area contributed by atoms with Gasteiger partial charge >= 0.3 is 6.18 Å². The van der Waals surface area contributed by atoms with Crippen molar-refractivity contribution in [3.8, 4) is 11.5 Å². The van der Waals surface area contributed by atoms with E-state index < -0.39 is 24.3 Å². The van der Waals surface area contributed by atoms with Crippen LogP contribution in [0.5, 0.6) is 11.5 Å². The van der Waals surface area contributed by atoms with E-state index in [-0.39, 0.29) is 22.4 Å². The second-order valence-electron chi connectivity index (χ2n) is 7.21. The fraction of sp³-hybridized carbons (Fsp3) is 0.167. The summed E-state index contributed by atoms with van der Waals surface area (Å²) in [4.78, 5) is 24.7. The minimum Gasteiger partial charge on any atom is -0.495 e. The van der Waals surface area contributed by atoms with E-state index in [4.69, 9.17) is 21.1 Å². The van der Waals surface area contributed by atoms with Gasteiger partial charge in [0.1, 0.15) is 11.5 Å². The lowest BCUT2D eigenvalue weighted by Crippen LogP contribution is -2.21. The summed E-state index contributed by atoms with van der Waals surface area (Å²) in [5.74, 6) is -0.261. The quantitative estimate of drug-likeness (QED) is 0.427. The van der Waals surface area contributed by atoms with E-state index in [9.17, 15) is 22.8 Å². The summed E-state index contributed by atoms with van der Waals surface area (Å²) < 4.78 is 49.2. The van der Waals surface area contributed by atoms with Gasteiger partial charge in [-0.05, 0) is 67.1 Å². The van der Waals surface area contributed by atoms with Crippen molar-refractivity contribution in [2.45, 2.75) is 13.1 Å². The molecule has 0 aliphatic rings. The van der Waals surface area contributed by atoms with Crippen molar-refractivity contribution in [3.63, 3.8) is 0 Å². The standard InChI is InChI=1S/C24H20ClF3N2O4/c1-14-3-10-21(33-2)20(11-14)30-23(32)15-4-7-17(8-5-15)34-13-22(31)29-19-12-16(24(26,27)28)6-9-18(19)25/h3-12H,13H2,1-2H3,(H,29,31)(H,30,32). The smallest absolute Gasteiger partial charge is 0.416 e. The number of hydrogen-bond donors (Lipinski definition) is 2. The van der Waals surface area contributed by atoms with Gasteiger partial charge in [-0.3, -0.25) is 9.59 Å². The number of methoxy groups -OCH3 is 1. The number of carbonyl (C=O) groups excluding carboxylic acids is 2. The van der Waals surface area contributed by atoms with Gasteiger partial charge < -0.3 is 20.1 Å². The summed E-state index contributed by atoms with van der Waals surface area (Å²) in [7, 11) is 1.50. The van der Waals surface area contributed by atoms with Crippen LogP contribution in [0, 0.1) is 6.92 Å². The molecule has 178 valence electrons. The molecule has 0 spiro atoms. The molecule has 0 aliphatic heterocycles. The molecule has 0 saturated heterocycles. The summed E-state index contributed by atoms with van der Waals surface area (Å²) in [6.07, 6.45) is -4.57. The second kappa shape index (κ2) is 10.5. The Bertz CT molecular complexity index is 1200. The lowest BCUT2D eigenvalue weighted by atomic mass is 10.1. The van der Waals surface area contributed by atoms with Gasteiger partial charge in [0.2, 0.25) is 0 Å². The first-order valence-corrected chi connectivity index (χ1v) is 10.3. The highest BCUT2D eigenvalue weighted by Gasteiger charge is 2.31. The Labute approximate surface area is 198 Å². The summed E-state index contributed by atoms with van der Waals surface area (Å²) >= 11 is 5.87. The molecule has 0 aromatic heterocycles. The lowest BCUT2D eigenvalue weighted by molar-refractivity contribution is -0.137. The maximum Gasteiger partial charge on any atom is 0.416 e. The van der Waals surface area contributed by atoms with Crippen molar-refractivity contribution in [2.75, 3.05) is 24.4 Å². The van der Waals surface area contributed by atoms with Crippen LogP contribution in [0.15, 0.2) is 60.7 Å². The van der Waals surface area contributed by atoms with E-state index in [1.807, 2.05) is 13.0 Å². The summed E-state index contributed by atoms with van der Waals surface area (Å²) in [6, 6.07) is 14.0. The third-order valence-electron chi connectivity index (χ3n) is 4.66. The normalized spacial score (nSPS) is 11.0. The van der Waals surface area contributed by atoms with Crippen molar-refractivity contribution in [2.24, 2.45) is 0 Å². The van der Waals surface area contributed by atoms with E-state index in [0.717, 1.165) is 23.8 Å². The third kappa shape index (κ3) is 6.41. The maximum atomic E-state index is 12.9. The molecule has 3 aromatic carbocycles. The number of ether oxygens (including phenoxy) is 2. The molecule has 0 unspecified atom stereocenters. The lowest BCUT2D eigenvalue weighted by Gasteiger charge is -2.13. The summed E-state index contributed by atoms with van der Waals surface area (Å²) in [6.45, 7) is 1.41. The minimum atomic E-state index is -4.57. The first-order chi connectivity index (χ1) is 16.1. The topological polar surface area (TPSA) is 76.7 Å². The zero-order chi connectivity index (χ0) is 24.9. The number of rotatable bonds is 7. The number of amides is 2. The van der Waals surface area contributed by atoms with Crippen LogP contribution >= 0.6 is 11.6 Å². The molecule has 2 N–H and O–H groups in total. The fourth-order valence-electron chi connectivity index (χ4n) is 2.95. The minimum absolute atomic E-state index is 0.0399. The van der Waals surface area contributed by atoms with Gasteiger partial charge in [0.05, 0.1) is 29.1 Å². The molecule has 10 heteroatoms. The zero-order valence-corrected chi connectivity index (χ0v) is 18.9. The number of carbonyl (C=O) groups is 2. The Morgan fingerprint density at radius 3 is 2.29 bits per heavy atom. The summed E-state index contributed by atoms with van der Waals surface area (Å²) in [5, 5.41) is 5.03. The molecule has 3 rings (SSSR count). The molecule has 0 heterocycles. The fourth-order valence-corrected chi connectivity index (χ4v) is 3.11. The average Bonchev–Trinajstić information content (AvgIpc) is 2.79. The molecule has 3 aromatic rings. The third-order valence-corrected chi connectivity index (χ3v) is 4.99. The van der Waals surface area contributed by atoms with Crippen LogP contribution in [0.4, 0.5) is 24.5 Å². The molecule has 0 radical (unpaired) electrons. The molecule has 6 nitrogen and oxygen atoms in total. The number of alkyl halides is 3. The number of hydrogen-bond acceptors (Lipinski definition) is 4. The number of anilines is 2. The number of aryl methyl sites for hydroxylation is 1. The van der Waals surface area contributed by atoms with Crippen LogP contribution in [0.1, 0.15) is 21.5 Å². The van der Waals surface area contributed by atoms with Gasteiger partial charge in [-0.25, -0.2) is 0 Å². The largest absolute Gasteiger partial charge is 0.495 e. The molecule has 34 heavy (non-hydrogen) atoms. The molecule has 0 saturated carbocycles. The molecule has 2 amide bonds. The SMILES string of the molecule is COc1ccc(C)cc1NC(=O)c1ccc(OCC(=O)Nc2cc(C(F)(F)F)ccc2Cl)cc1. The van der Waals surface area contributed by atoms with Crippen LogP contribution in [0.2, 0.25) is 5.02 Å². The molecule has 0 atom stereocenters. The van der Waals surface area contributed by atoms with Crippen molar-refractivity contribution in [3.05, 3.63) is 82.4 Å². The first-order valence-electron chi connectivity index (χ1n) is 9.92. The number of benzene rings is 3. The van der Waals surface area contributed by atoms with Crippen molar-refractivity contribution >= 4 is 34.8 Å². The Balaban J connectivity index is 1.59. The molecular formula is C24H20ClF3N2O4. The molecular weight excluding hydrogens is 473 g/mol. The van der Waals surface area contributed by atoms with E-state index in [1.165, 1.54) is 31.4 Å². The van der Waals surface area contributed by atoms with Gasteiger partial charge in [0.15, 0.2) is 6.61 Å². The monoisotopic (exact) mass is 492 g/mol. The van der Waals surface area contributed by atoms with Gasteiger partial charge in [-0.15, -0.1) is 0 Å². The predicted octanol–water partition coefficient (Wildman–Crippen LogP) is 5.95. The van der Waals surface area contributed by atoms with Gasteiger partial charge in [-0.1, -0.05) is 17.7 Å². The average molecular weight is 493 g/mol. The zero-order valence-electron chi connectivity index (χ0n) is 18.1. The van der Waals surface area contributed by atoms with Gasteiger partial charge in [0, 0.05) is 5.56 Å². The van der Waals surface area contributed by atoms with E-state index in [1.54, 1.807) is 12.1 Å². The molecule has 0 aliphatic carbocycles. The Morgan fingerprint density at radius 1 is 0.941 bits per heavy atom. The van der Waals surface area contributed by atoms with Crippen LogP contribution in [-0.2, 0) is 11.0 Å². The van der Waals surface area contributed by atoms with Crippen LogP contribution in [0.3, 0.4) is 0 Å². The highest BCUT2D eigenvalue weighted by molar-refractivity contribution is 6.33. The second-order valence-corrected chi connectivity index (χ2v) is 7.62. The number of nitrogens with one attached hydrogen (secondary N) is 2. The van der Waals surface area contributed by atoms with Crippen LogP contribution in [0.25, 0.3) is 0 Å². The highest BCUT2D eigenvalue weighted by Crippen LogP contribution is 2.33. The molecule has 0 bridgehead atoms. The van der Waals surface area contributed by atoms with Crippen molar-refractivity contribution in [1.82, 2.24) is 0 Å².